The average molecular weight is 660 g/mol. The van der Waals surface area contributed by atoms with Gasteiger partial charge in [-0.3, -0.25) is 4.79 Å². The summed E-state index contributed by atoms with van der Waals surface area (Å²) >= 11 is 3.47. The van der Waals surface area contributed by atoms with Crippen molar-refractivity contribution in [3.8, 4) is 11.5 Å². The Labute approximate surface area is 283 Å². The van der Waals surface area contributed by atoms with Gasteiger partial charge in [0.1, 0.15) is 24.7 Å². The first kappa shape index (κ1) is 31.2. The standard InChI is InChI=1S/C40H37NO4S2/c42-40(43)30-13-7-21-41(25-30)22-8-16-35(38-31(19-23-46-38)26-44-36-17-5-11-28-9-1-3-14-33(28)36)39-32(20-24-47-39)27-45-37-18-6-12-29-10-2-4-15-34(29)37/h1-6,9-12,14-20,23-24,30H,7-8,13,21-22,25-27H2,(H,42,43)/t30-/m1/s1. The van der Waals surface area contributed by atoms with Gasteiger partial charge in [0.15, 0.2) is 0 Å². The third kappa shape index (κ3) is 7.13. The number of fused-ring (bicyclic) bond motifs is 2. The number of hydrogen-bond donors (Lipinski definition) is 1. The van der Waals surface area contributed by atoms with Crippen LogP contribution in [-0.2, 0) is 18.0 Å². The van der Waals surface area contributed by atoms with E-state index in [-0.39, 0.29) is 5.92 Å². The van der Waals surface area contributed by atoms with Gasteiger partial charge in [0.05, 0.1) is 5.92 Å². The zero-order valence-corrected chi connectivity index (χ0v) is 27.8. The number of carbonyl (C=O) groups is 1. The molecule has 1 saturated heterocycles. The SMILES string of the molecule is O=C(O)[C@@H]1CCCN(CCC=C(c2sccc2COc2cccc3ccccc23)c2sccc2COc2cccc3ccccc23)C1. The molecule has 1 fully saturated rings. The first-order chi connectivity index (χ1) is 23.1. The van der Waals surface area contributed by atoms with Gasteiger partial charge in [-0.2, -0.15) is 0 Å². The van der Waals surface area contributed by atoms with E-state index in [0.29, 0.717) is 19.8 Å². The van der Waals surface area contributed by atoms with Crippen LogP contribution in [0, 0.1) is 5.92 Å². The molecule has 0 saturated carbocycles. The summed E-state index contributed by atoms with van der Waals surface area (Å²) in [6.07, 6.45) is 4.85. The van der Waals surface area contributed by atoms with Gasteiger partial charge in [-0.05, 0) is 71.6 Å². The number of rotatable bonds is 12. The van der Waals surface area contributed by atoms with Crippen molar-refractivity contribution in [2.24, 2.45) is 5.92 Å². The van der Waals surface area contributed by atoms with Crippen LogP contribution < -0.4 is 9.47 Å². The highest BCUT2D eigenvalue weighted by Gasteiger charge is 2.25. The lowest BCUT2D eigenvalue weighted by Gasteiger charge is -2.30. The fourth-order valence-corrected chi connectivity index (χ4v) is 8.45. The smallest absolute Gasteiger partial charge is 0.307 e. The predicted octanol–water partition coefficient (Wildman–Crippen LogP) is 9.89. The molecule has 0 spiro atoms. The molecule has 5 nitrogen and oxygen atoms in total. The Hall–Kier alpha value is -4.43. The minimum atomic E-state index is -0.685. The Morgan fingerprint density at radius 1 is 0.766 bits per heavy atom. The second-order valence-electron chi connectivity index (χ2n) is 12.0. The van der Waals surface area contributed by atoms with Crippen molar-refractivity contribution in [2.45, 2.75) is 32.5 Å². The molecule has 1 atom stereocenters. The summed E-state index contributed by atoms with van der Waals surface area (Å²) in [7, 11) is 0. The van der Waals surface area contributed by atoms with Crippen molar-refractivity contribution in [1.82, 2.24) is 4.90 Å². The molecule has 0 unspecified atom stereocenters. The van der Waals surface area contributed by atoms with Gasteiger partial charge in [-0.15, -0.1) is 22.7 Å². The van der Waals surface area contributed by atoms with Gasteiger partial charge < -0.3 is 19.5 Å². The second kappa shape index (κ2) is 14.6. The lowest BCUT2D eigenvalue weighted by Crippen LogP contribution is -2.39. The van der Waals surface area contributed by atoms with Gasteiger partial charge in [0, 0.05) is 50.3 Å². The largest absolute Gasteiger partial charge is 0.488 e. The highest BCUT2D eigenvalue weighted by atomic mass is 32.1. The third-order valence-corrected chi connectivity index (χ3v) is 10.9. The zero-order chi connectivity index (χ0) is 32.0. The first-order valence-corrected chi connectivity index (χ1v) is 17.9. The van der Waals surface area contributed by atoms with Crippen LogP contribution in [0.3, 0.4) is 0 Å². The van der Waals surface area contributed by atoms with E-state index >= 15 is 0 Å². The highest BCUT2D eigenvalue weighted by molar-refractivity contribution is 7.14. The maximum Gasteiger partial charge on any atom is 0.307 e. The average Bonchev–Trinajstić information content (AvgIpc) is 3.78. The Morgan fingerprint density at radius 2 is 1.32 bits per heavy atom. The molecule has 0 amide bonds. The summed E-state index contributed by atoms with van der Waals surface area (Å²) in [5, 5.41) is 18.4. The minimum Gasteiger partial charge on any atom is -0.488 e. The molecule has 1 N–H and O–H groups in total. The number of aliphatic carboxylic acids is 1. The fourth-order valence-electron chi connectivity index (χ4n) is 6.47. The molecule has 47 heavy (non-hydrogen) atoms. The minimum absolute atomic E-state index is 0.280. The second-order valence-corrected chi connectivity index (χ2v) is 13.8. The van der Waals surface area contributed by atoms with Crippen LogP contribution >= 0.6 is 22.7 Å². The van der Waals surface area contributed by atoms with Crippen LogP contribution in [0.1, 0.15) is 40.1 Å². The van der Waals surface area contributed by atoms with E-state index in [9.17, 15) is 9.90 Å². The Balaban J connectivity index is 1.16. The van der Waals surface area contributed by atoms with E-state index in [4.69, 9.17) is 9.47 Å². The fraction of sp³-hybridized carbons (Fsp3) is 0.225. The van der Waals surface area contributed by atoms with Crippen molar-refractivity contribution < 1.29 is 19.4 Å². The number of nitrogens with zero attached hydrogens (tertiary/aromatic N) is 1. The maximum atomic E-state index is 11.7. The quantitative estimate of drug-likeness (QED) is 0.142. The normalized spacial score (nSPS) is 15.1. The number of likely N-dealkylation sites (tertiary alicyclic amines) is 1. The molecule has 1 aliphatic rings. The molecule has 0 bridgehead atoms. The molecule has 238 valence electrons. The Morgan fingerprint density at radius 3 is 1.89 bits per heavy atom. The monoisotopic (exact) mass is 659 g/mol. The van der Waals surface area contributed by atoms with Gasteiger partial charge in [-0.1, -0.05) is 78.9 Å². The molecular formula is C40H37NO4S2. The molecule has 2 aromatic heterocycles. The summed E-state index contributed by atoms with van der Waals surface area (Å²) in [4.78, 5) is 16.4. The van der Waals surface area contributed by atoms with E-state index < -0.39 is 5.97 Å². The van der Waals surface area contributed by atoms with Crippen LogP contribution in [0.5, 0.6) is 11.5 Å². The van der Waals surface area contributed by atoms with Crippen LogP contribution in [0.4, 0.5) is 0 Å². The van der Waals surface area contributed by atoms with Crippen molar-refractivity contribution >= 4 is 55.8 Å². The Bertz CT molecular complexity index is 1890. The van der Waals surface area contributed by atoms with Crippen LogP contribution in [0.2, 0.25) is 0 Å². The zero-order valence-electron chi connectivity index (χ0n) is 26.1. The van der Waals surface area contributed by atoms with E-state index in [1.807, 2.05) is 36.4 Å². The number of hydrogen-bond acceptors (Lipinski definition) is 6. The van der Waals surface area contributed by atoms with Crippen molar-refractivity contribution in [3.05, 3.63) is 135 Å². The summed E-state index contributed by atoms with van der Waals surface area (Å²) in [5.74, 6) is 0.792. The van der Waals surface area contributed by atoms with Crippen molar-refractivity contribution in [3.63, 3.8) is 0 Å². The molecule has 0 radical (unpaired) electrons. The molecule has 6 aromatic rings. The van der Waals surface area contributed by atoms with E-state index in [1.54, 1.807) is 22.7 Å². The van der Waals surface area contributed by atoms with Gasteiger partial charge >= 0.3 is 5.97 Å². The van der Waals surface area contributed by atoms with Crippen molar-refractivity contribution in [2.75, 3.05) is 19.6 Å². The summed E-state index contributed by atoms with van der Waals surface area (Å²) in [5.41, 5.74) is 3.48. The van der Waals surface area contributed by atoms with Gasteiger partial charge in [0.2, 0.25) is 0 Å². The van der Waals surface area contributed by atoms with Crippen LogP contribution in [0.15, 0.2) is 114 Å². The number of thiophene rings is 2. The predicted molar refractivity (Wildman–Crippen MR) is 194 cm³/mol. The van der Waals surface area contributed by atoms with E-state index in [1.165, 1.54) is 15.3 Å². The molecule has 4 aromatic carbocycles. The number of piperidine rings is 1. The molecule has 3 heterocycles. The summed E-state index contributed by atoms with van der Waals surface area (Å²) in [6.45, 7) is 3.31. The van der Waals surface area contributed by atoms with E-state index in [0.717, 1.165) is 76.5 Å². The topological polar surface area (TPSA) is 59.0 Å². The first-order valence-electron chi connectivity index (χ1n) is 16.1. The van der Waals surface area contributed by atoms with Crippen LogP contribution in [-0.4, -0.2) is 35.6 Å². The summed E-state index contributed by atoms with van der Waals surface area (Å²) in [6, 6.07) is 33.3. The van der Waals surface area contributed by atoms with Gasteiger partial charge in [-0.25, -0.2) is 0 Å². The van der Waals surface area contributed by atoms with Gasteiger partial charge in [0.25, 0.3) is 0 Å². The van der Waals surface area contributed by atoms with E-state index in [2.05, 4.69) is 82.4 Å². The molecule has 0 aliphatic carbocycles. The number of ether oxygens (including phenoxy) is 2. The highest BCUT2D eigenvalue weighted by Crippen LogP contribution is 2.38. The lowest BCUT2D eigenvalue weighted by atomic mass is 9.98. The number of carboxylic acids is 1. The number of carboxylic acid groups (broad SMARTS) is 1. The Kier molecular flexibility index (Phi) is 9.65. The number of benzene rings is 4. The molecule has 7 rings (SSSR count). The third-order valence-electron chi connectivity index (χ3n) is 8.90. The molecule has 7 heteroatoms. The molecule has 1 aliphatic heterocycles. The van der Waals surface area contributed by atoms with Crippen molar-refractivity contribution in [1.29, 1.82) is 0 Å². The van der Waals surface area contributed by atoms with Crippen LogP contribution in [0.25, 0.3) is 27.1 Å². The lowest BCUT2D eigenvalue weighted by molar-refractivity contribution is -0.143. The maximum absolute atomic E-state index is 11.7. The molecular weight excluding hydrogens is 623 g/mol. The summed E-state index contributed by atoms with van der Waals surface area (Å²) < 4.78 is 13.0.